The summed E-state index contributed by atoms with van der Waals surface area (Å²) >= 11 is 0. The van der Waals surface area contributed by atoms with Crippen LogP contribution in [0.4, 0.5) is 4.79 Å². The Bertz CT molecular complexity index is 526. The molecule has 1 heterocycles. The molecule has 0 aromatic heterocycles. The van der Waals surface area contributed by atoms with Gasteiger partial charge in [-0.25, -0.2) is 9.69 Å². The number of carbonyl (C=O) groups is 2. The molecule has 1 saturated heterocycles. The van der Waals surface area contributed by atoms with Gasteiger partial charge in [-0.05, 0) is 56.4 Å². The predicted octanol–water partition coefficient (Wildman–Crippen LogP) is 4.13. The van der Waals surface area contributed by atoms with E-state index in [0.29, 0.717) is 18.6 Å². The standard InChI is InChI=1S/C21H37N3O2/c1-5-23(17-9-7-6-8-10-17)15-24-18(25)21(22-19(24)26)13-11-16(12-14-21)20(2,3)4/h16-17H,5-15H2,1-4H3,(H,22,26). The van der Waals surface area contributed by atoms with Gasteiger partial charge in [-0.2, -0.15) is 0 Å². The summed E-state index contributed by atoms with van der Waals surface area (Å²) in [6.45, 7) is 10.3. The van der Waals surface area contributed by atoms with Gasteiger partial charge in [-0.15, -0.1) is 0 Å². The van der Waals surface area contributed by atoms with Crippen molar-refractivity contribution >= 4 is 11.9 Å². The van der Waals surface area contributed by atoms with Crippen LogP contribution < -0.4 is 5.32 Å². The molecule has 0 unspecified atom stereocenters. The molecule has 1 N–H and O–H groups in total. The second-order valence-electron chi connectivity index (χ2n) is 9.72. The highest BCUT2D eigenvalue weighted by Gasteiger charge is 2.53. The second-order valence-corrected chi connectivity index (χ2v) is 9.72. The number of imide groups is 1. The lowest BCUT2D eigenvalue weighted by molar-refractivity contribution is -0.135. The first-order valence-corrected chi connectivity index (χ1v) is 10.6. The van der Waals surface area contributed by atoms with Crippen LogP contribution in [0.5, 0.6) is 0 Å². The van der Waals surface area contributed by atoms with Crippen LogP contribution >= 0.6 is 0 Å². The van der Waals surface area contributed by atoms with Gasteiger partial charge in [0.2, 0.25) is 0 Å². The maximum Gasteiger partial charge on any atom is 0.326 e. The SMILES string of the molecule is CCN(CN1C(=O)NC2(CCC(C(C)(C)C)CC2)C1=O)C1CCCCC1. The molecule has 26 heavy (non-hydrogen) atoms. The molecular weight excluding hydrogens is 326 g/mol. The Balaban J connectivity index is 1.65. The van der Waals surface area contributed by atoms with Crippen molar-refractivity contribution in [3.05, 3.63) is 0 Å². The van der Waals surface area contributed by atoms with Gasteiger partial charge < -0.3 is 5.32 Å². The van der Waals surface area contributed by atoms with Crippen molar-refractivity contribution in [2.45, 2.75) is 97.1 Å². The summed E-state index contributed by atoms with van der Waals surface area (Å²) < 4.78 is 0. The lowest BCUT2D eigenvalue weighted by Crippen LogP contribution is -2.51. The number of nitrogens with zero attached hydrogens (tertiary/aromatic N) is 2. The maximum absolute atomic E-state index is 13.2. The largest absolute Gasteiger partial charge is 0.326 e. The molecule has 3 amide bonds. The molecule has 5 nitrogen and oxygen atoms in total. The van der Waals surface area contributed by atoms with Gasteiger partial charge in [0.15, 0.2) is 0 Å². The third-order valence-electron chi connectivity index (χ3n) is 7.13. The lowest BCUT2D eigenvalue weighted by Gasteiger charge is -2.41. The van der Waals surface area contributed by atoms with Gasteiger partial charge in [0.25, 0.3) is 5.91 Å². The number of amides is 3. The minimum atomic E-state index is -0.634. The highest BCUT2D eigenvalue weighted by molar-refractivity contribution is 6.07. The van der Waals surface area contributed by atoms with Crippen LogP contribution in [-0.2, 0) is 4.79 Å². The summed E-state index contributed by atoms with van der Waals surface area (Å²) in [6.07, 6.45) is 9.82. The molecule has 3 aliphatic rings. The zero-order chi connectivity index (χ0) is 18.9. The van der Waals surface area contributed by atoms with Crippen molar-refractivity contribution in [3.63, 3.8) is 0 Å². The Hall–Kier alpha value is -1.10. The van der Waals surface area contributed by atoms with Gasteiger partial charge in [-0.1, -0.05) is 47.0 Å². The quantitative estimate of drug-likeness (QED) is 0.764. The van der Waals surface area contributed by atoms with E-state index >= 15 is 0 Å². The third kappa shape index (κ3) is 3.78. The van der Waals surface area contributed by atoms with Crippen molar-refractivity contribution in [1.82, 2.24) is 15.1 Å². The van der Waals surface area contributed by atoms with E-state index in [1.165, 1.54) is 37.0 Å². The Kier molecular flexibility index (Phi) is 5.66. The first-order valence-electron chi connectivity index (χ1n) is 10.6. The van der Waals surface area contributed by atoms with Crippen LogP contribution in [-0.4, -0.2) is 46.5 Å². The maximum atomic E-state index is 13.2. The molecule has 3 rings (SSSR count). The van der Waals surface area contributed by atoms with E-state index in [0.717, 1.165) is 32.2 Å². The summed E-state index contributed by atoms with van der Waals surface area (Å²) in [6, 6.07) is 0.334. The van der Waals surface area contributed by atoms with Crippen molar-refractivity contribution in [1.29, 1.82) is 0 Å². The molecule has 2 saturated carbocycles. The fourth-order valence-electron chi connectivity index (χ4n) is 5.22. The highest BCUT2D eigenvalue weighted by Crippen LogP contribution is 2.43. The number of hydrogen-bond donors (Lipinski definition) is 1. The average molecular weight is 364 g/mol. The zero-order valence-corrected chi connectivity index (χ0v) is 17.1. The first-order chi connectivity index (χ1) is 12.3. The normalized spacial score (nSPS) is 31.1. The molecule has 1 spiro atoms. The fourth-order valence-corrected chi connectivity index (χ4v) is 5.22. The van der Waals surface area contributed by atoms with E-state index in [4.69, 9.17) is 0 Å². The van der Waals surface area contributed by atoms with E-state index in [-0.39, 0.29) is 17.4 Å². The van der Waals surface area contributed by atoms with E-state index in [9.17, 15) is 9.59 Å². The molecule has 148 valence electrons. The van der Waals surface area contributed by atoms with E-state index in [2.05, 4.69) is 37.9 Å². The summed E-state index contributed by atoms with van der Waals surface area (Å²) in [4.78, 5) is 29.7. The van der Waals surface area contributed by atoms with Crippen molar-refractivity contribution in [2.24, 2.45) is 11.3 Å². The Morgan fingerprint density at radius 3 is 2.23 bits per heavy atom. The summed E-state index contributed by atoms with van der Waals surface area (Å²) in [5.74, 6) is 0.644. The average Bonchev–Trinajstić information content (AvgIpc) is 2.83. The number of hydrogen-bond acceptors (Lipinski definition) is 3. The third-order valence-corrected chi connectivity index (χ3v) is 7.13. The number of nitrogens with one attached hydrogen (secondary N) is 1. The Morgan fingerprint density at radius 1 is 1.08 bits per heavy atom. The Morgan fingerprint density at radius 2 is 1.69 bits per heavy atom. The van der Waals surface area contributed by atoms with Crippen molar-refractivity contribution in [2.75, 3.05) is 13.2 Å². The van der Waals surface area contributed by atoms with Crippen LogP contribution in [0.25, 0.3) is 0 Å². The summed E-state index contributed by atoms with van der Waals surface area (Å²) in [5, 5.41) is 3.08. The van der Waals surface area contributed by atoms with Crippen molar-refractivity contribution in [3.8, 4) is 0 Å². The molecule has 5 heteroatoms. The number of urea groups is 1. The molecule has 0 radical (unpaired) electrons. The minimum Gasteiger partial charge on any atom is -0.323 e. The van der Waals surface area contributed by atoms with Gasteiger partial charge >= 0.3 is 6.03 Å². The van der Waals surface area contributed by atoms with Crippen LogP contribution in [0, 0.1) is 11.3 Å². The van der Waals surface area contributed by atoms with E-state index < -0.39 is 5.54 Å². The second kappa shape index (κ2) is 7.49. The molecular formula is C21H37N3O2. The monoisotopic (exact) mass is 363 g/mol. The number of rotatable bonds is 4. The lowest BCUT2D eigenvalue weighted by atomic mass is 9.67. The molecule has 3 fully saturated rings. The summed E-state index contributed by atoms with van der Waals surface area (Å²) in [7, 11) is 0. The van der Waals surface area contributed by atoms with Gasteiger partial charge in [0.05, 0.1) is 6.67 Å². The van der Waals surface area contributed by atoms with Crippen molar-refractivity contribution < 1.29 is 9.59 Å². The van der Waals surface area contributed by atoms with Gasteiger partial charge in [0, 0.05) is 6.04 Å². The molecule has 0 bridgehead atoms. The number of carbonyl (C=O) groups excluding carboxylic acids is 2. The van der Waals surface area contributed by atoms with Crippen LogP contribution in [0.1, 0.15) is 85.5 Å². The fraction of sp³-hybridized carbons (Fsp3) is 0.905. The van der Waals surface area contributed by atoms with Gasteiger partial charge in [0.1, 0.15) is 5.54 Å². The van der Waals surface area contributed by atoms with E-state index in [1.807, 2.05) is 0 Å². The highest BCUT2D eigenvalue weighted by atomic mass is 16.2. The first kappa shape index (κ1) is 19.7. The van der Waals surface area contributed by atoms with Gasteiger partial charge in [-0.3, -0.25) is 9.69 Å². The minimum absolute atomic E-state index is 0.0177. The Labute approximate surface area is 158 Å². The van der Waals surface area contributed by atoms with Crippen LogP contribution in [0.2, 0.25) is 0 Å². The predicted molar refractivity (Wildman–Crippen MR) is 104 cm³/mol. The summed E-state index contributed by atoms with van der Waals surface area (Å²) in [5.41, 5.74) is -0.363. The molecule has 0 aromatic carbocycles. The molecule has 1 aliphatic heterocycles. The molecule has 0 aromatic rings. The van der Waals surface area contributed by atoms with Crippen LogP contribution in [0.3, 0.4) is 0 Å². The molecule has 2 aliphatic carbocycles. The topological polar surface area (TPSA) is 52.6 Å². The van der Waals surface area contributed by atoms with E-state index in [1.54, 1.807) is 0 Å². The smallest absolute Gasteiger partial charge is 0.323 e. The van der Waals surface area contributed by atoms with Crippen LogP contribution in [0.15, 0.2) is 0 Å². The molecule has 0 atom stereocenters. The zero-order valence-electron chi connectivity index (χ0n) is 17.1.